The molecule has 8 heteroatoms. The summed E-state index contributed by atoms with van der Waals surface area (Å²) in [5.41, 5.74) is 0.690. The highest BCUT2D eigenvalue weighted by atomic mass is 35.5. The van der Waals surface area contributed by atoms with E-state index in [9.17, 15) is 9.90 Å². The fourth-order valence-corrected chi connectivity index (χ4v) is 2.07. The fourth-order valence-electron chi connectivity index (χ4n) is 1.94. The summed E-state index contributed by atoms with van der Waals surface area (Å²) in [5, 5.41) is 24.5. The molecule has 1 atom stereocenters. The first-order chi connectivity index (χ1) is 10.5. The largest absolute Gasteiger partial charge is 0.387 e. The Balaban J connectivity index is 1.87. The Morgan fingerprint density at radius 2 is 2.05 bits per heavy atom. The lowest BCUT2D eigenvalue weighted by atomic mass is 10.1. The number of aliphatic hydroxyl groups excluding tert-OH is 1. The molecule has 0 saturated carbocycles. The van der Waals surface area contributed by atoms with Gasteiger partial charge in [0.1, 0.15) is 6.54 Å². The minimum atomic E-state index is -0.792. The zero-order valence-corrected chi connectivity index (χ0v) is 13.2. The maximum atomic E-state index is 11.9. The van der Waals surface area contributed by atoms with Crippen LogP contribution in [-0.4, -0.2) is 37.8 Å². The van der Waals surface area contributed by atoms with Crippen molar-refractivity contribution in [2.24, 2.45) is 0 Å². The molecule has 0 aliphatic heterocycles. The molecule has 2 aromatic rings. The van der Waals surface area contributed by atoms with Crippen LogP contribution in [0.2, 0.25) is 5.02 Å². The second-order valence-electron chi connectivity index (χ2n) is 5.22. The molecule has 1 amide bonds. The van der Waals surface area contributed by atoms with E-state index < -0.39 is 6.10 Å². The van der Waals surface area contributed by atoms with E-state index in [1.807, 2.05) is 13.8 Å². The fraction of sp³-hybridized carbons (Fsp3) is 0.429. The number of nitrogens with one attached hydrogen (secondary N) is 1. The third kappa shape index (κ3) is 4.25. The topological polar surface area (TPSA) is 92.9 Å². The number of rotatable bonds is 6. The van der Waals surface area contributed by atoms with Crippen LogP contribution in [0.3, 0.4) is 0 Å². The molecule has 118 valence electrons. The molecule has 2 rings (SSSR count). The Bertz CT molecular complexity index is 626. The molecular formula is C14H18ClN5O2. The first-order valence-electron chi connectivity index (χ1n) is 6.93. The van der Waals surface area contributed by atoms with Gasteiger partial charge in [0, 0.05) is 17.5 Å². The van der Waals surface area contributed by atoms with Crippen LogP contribution in [0.15, 0.2) is 24.3 Å². The number of nitrogens with zero attached hydrogens (tertiary/aromatic N) is 4. The first-order valence-corrected chi connectivity index (χ1v) is 7.31. The molecule has 0 radical (unpaired) electrons. The molecule has 0 aliphatic rings. The van der Waals surface area contributed by atoms with Crippen molar-refractivity contribution in [3.8, 4) is 0 Å². The van der Waals surface area contributed by atoms with Gasteiger partial charge in [-0.3, -0.25) is 4.79 Å². The minimum Gasteiger partial charge on any atom is -0.387 e. The van der Waals surface area contributed by atoms with Gasteiger partial charge in [-0.1, -0.05) is 37.6 Å². The van der Waals surface area contributed by atoms with Gasteiger partial charge in [-0.2, -0.15) is 0 Å². The number of benzene rings is 1. The number of halogens is 1. The van der Waals surface area contributed by atoms with Crippen LogP contribution in [0.25, 0.3) is 0 Å². The summed E-state index contributed by atoms with van der Waals surface area (Å²) in [6.07, 6.45) is -0.792. The first kappa shape index (κ1) is 16.4. The van der Waals surface area contributed by atoms with Crippen LogP contribution in [-0.2, 0) is 11.3 Å². The predicted octanol–water partition coefficient (Wildman–Crippen LogP) is 1.30. The molecule has 1 unspecified atom stereocenters. The SMILES string of the molecule is CC(C)c1nnnn1CC(=O)NCC(O)c1ccc(Cl)cc1. The van der Waals surface area contributed by atoms with Crippen molar-refractivity contribution in [1.29, 1.82) is 0 Å². The summed E-state index contributed by atoms with van der Waals surface area (Å²) in [6, 6.07) is 6.82. The van der Waals surface area contributed by atoms with Gasteiger partial charge < -0.3 is 10.4 Å². The molecule has 0 saturated heterocycles. The molecule has 1 aromatic heterocycles. The summed E-state index contributed by atoms with van der Waals surface area (Å²) < 4.78 is 1.45. The van der Waals surface area contributed by atoms with E-state index in [4.69, 9.17) is 11.6 Å². The minimum absolute atomic E-state index is 0.0217. The normalized spacial score (nSPS) is 12.4. The van der Waals surface area contributed by atoms with Crippen molar-refractivity contribution in [1.82, 2.24) is 25.5 Å². The molecule has 0 fully saturated rings. The van der Waals surface area contributed by atoms with E-state index in [1.54, 1.807) is 24.3 Å². The van der Waals surface area contributed by atoms with E-state index in [2.05, 4.69) is 20.8 Å². The highest BCUT2D eigenvalue weighted by Gasteiger charge is 2.14. The van der Waals surface area contributed by atoms with E-state index >= 15 is 0 Å². The summed E-state index contributed by atoms with van der Waals surface area (Å²) in [4.78, 5) is 11.9. The summed E-state index contributed by atoms with van der Waals surface area (Å²) in [7, 11) is 0. The van der Waals surface area contributed by atoms with Gasteiger partial charge in [0.2, 0.25) is 5.91 Å². The van der Waals surface area contributed by atoms with Gasteiger partial charge in [0.25, 0.3) is 0 Å². The molecule has 1 aromatic carbocycles. The number of carbonyl (C=O) groups is 1. The number of tetrazole rings is 1. The molecule has 0 spiro atoms. The maximum absolute atomic E-state index is 11.9. The van der Waals surface area contributed by atoms with E-state index in [-0.39, 0.29) is 24.9 Å². The van der Waals surface area contributed by atoms with Gasteiger partial charge in [-0.05, 0) is 28.1 Å². The van der Waals surface area contributed by atoms with Crippen molar-refractivity contribution in [3.05, 3.63) is 40.7 Å². The number of amides is 1. The van der Waals surface area contributed by atoms with Crippen LogP contribution < -0.4 is 5.32 Å². The summed E-state index contributed by atoms with van der Waals surface area (Å²) in [5.74, 6) is 0.512. The van der Waals surface area contributed by atoms with E-state index in [1.165, 1.54) is 4.68 Å². The lowest BCUT2D eigenvalue weighted by Crippen LogP contribution is -2.32. The summed E-state index contributed by atoms with van der Waals surface area (Å²) >= 11 is 5.79. The molecular weight excluding hydrogens is 306 g/mol. The maximum Gasteiger partial charge on any atom is 0.241 e. The zero-order valence-electron chi connectivity index (χ0n) is 12.4. The quantitative estimate of drug-likeness (QED) is 0.836. The average molecular weight is 324 g/mol. The summed E-state index contributed by atoms with van der Waals surface area (Å²) in [6.45, 7) is 4.03. The van der Waals surface area contributed by atoms with Crippen molar-refractivity contribution in [3.63, 3.8) is 0 Å². The third-order valence-electron chi connectivity index (χ3n) is 3.12. The lowest BCUT2D eigenvalue weighted by molar-refractivity contribution is -0.122. The number of aliphatic hydroxyl groups is 1. The van der Waals surface area contributed by atoms with Crippen LogP contribution >= 0.6 is 11.6 Å². The van der Waals surface area contributed by atoms with Gasteiger partial charge in [0.15, 0.2) is 5.82 Å². The Hall–Kier alpha value is -1.99. The molecule has 1 heterocycles. The van der Waals surface area contributed by atoms with E-state index in [0.29, 0.717) is 16.4 Å². The molecule has 0 bridgehead atoms. The monoisotopic (exact) mass is 323 g/mol. The van der Waals surface area contributed by atoms with Crippen LogP contribution in [0, 0.1) is 0 Å². The molecule has 7 nitrogen and oxygen atoms in total. The number of aromatic nitrogens is 4. The van der Waals surface area contributed by atoms with Crippen molar-refractivity contribution >= 4 is 17.5 Å². The highest BCUT2D eigenvalue weighted by molar-refractivity contribution is 6.30. The van der Waals surface area contributed by atoms with Crippen LogP contribution in [0.4, 0.5) is 0 Å². The van der Waals surface area contributed by atoms with Gasteiger partial charge in [-0.15, -0.1) is 5.10 Å². The third-order valence-corrected chi connectivity index (χ3v) is 3.37. The Morgan fingerprint density at radius 3 is 2.68 bits per heavy atom. The van der Waals surface area contributed by atoms with Gasteiger partial charge in [0.05, 0.1) is 6.10 Å². The Kier molecular flexibility index (Phi) is 5.46. The lowest BCUT2D eigenvalue weighted by Gasteiger charge is -2.13. The molecule has 0 aliphatic carbocycles. The predicted molar refractivity (Wildman–Crippen MR) is 81.3 cm³/mol. The zero-order chi connectivity index (χ0) is 16.1. The van der Waals surface area contributed by atoms with Crippen molar-refractivity contribution in [2.45, 2.75) is 32.4 Å². The number of carbonyl (C=O) groups excluding carboxylic acids is 1. The number of hydrogen-bond acceptors (Lipinski definition) is 5. The number of hydrogen-bond donors (Lipinski definition) is 2. The molecule has 22 heavy (non-hydrogen) atoms. The standard InChI is InChI=1S/C14H18ClN5O2/c1-9(2)14-17-18-19-20(14)8-13(22)16-7-12(21)10-3-5-11(15)6-4-10/h3-6,9,12,21H,7-8H2,1-2H3,(H,16,22). The highest BCUT2D eigenvalue weighted by Crippen LogP contribution is 2.15. The van der Waals surface area contributed by atoms with Crippen molar-refractivity contribution < 1.29 is 9.90 Å². The van der Waals surface area contributed by atoms with Crippen LogP contribution in [0.5, 0.6) is 0 Å². The van der Waals surface area contributed by atoms with E-state index in [0.717, 1.165) is 0 Å². The van der Waals surface area contributed by atoms with Gasteiger partial charge in [-0.25, -0.2) is 4.68 Å². The van der Waals surface area contributed by atoms with Crippen LogP contribution in [0.1, 0.15) is 37.3 Å². The van der Waals surface area contributed by atoms with Crippen molar-refractivity contribution in [2.75, 3.05) is 6.54 Å². The second-order valence-corrected chi connectivity index (χ2v) is 5.66. The molecule has 2 N–H and O–H groups in total. The Labute approximate surface area is 133 Å². The smallest absolute Gasteiger partial charge is 0.241 e. The van der Waals surface area contributed by atoms with Gasteiger partial charge >= 0.3 is 0 Å². The average Bonchev–Trinajstić information content (AvgIpc) is 2.94. The second kappa shape index (κ2) is 7.33. The Morgan fingerprint density at radius 1 is 1.36 bits per heavy atom.